The van der Waals surface area contributed by atoms with E-state index in [-0.39, 0.29) is 17.9 Å². The second kappa shape index (κ2) is 4.94. The minimum absolute atomic E-state index is 0.152. The van der Waals surface area contributed by atoms with Crippen LogP contribution in [0, 0.1) is 18.6 Å². The van der Waals surface area contributed by atoms with Crippen molar-refractivity contribution in [2.24, 2.45) is 5.73 Å². The maximum atomic E-state index is 14.3. The van der Waals surface area contributed by atoms with Crippen molar-refractivity contribution in [2.45, 2.75) is 39.8 Å². The Bertz CT molecular complexity index is 641. The summed E-state index contributed by atoms with van der Waals surface area (Å²) in [5, 5.41) is 7.88. The molecule has 1 aromatic heterocycles. The van der Waals surface area contributed by atoms with Crippen molar-refractivity contribution in [3.05, 3.63) is 35.2 Å². The first-order chi connectivity index (χ1) is 9.27. The van der Waals surface area contributed by atoms with Crippen LogP contribution in [0.1, 0.15) is 32.2 Å². The molecule has 0 saturated heterocycles. The van der Waals surface area contributed by atoms with Crippen molar-refractivity contribution >= 4 is 0 Å². The van der Waals surface area contributed by atoms with Gasteiger partial charge in [0.2, 0.25) is 0 Å². The molecule has 0 atom stereocenters. The number of nitrogens with zero attached hydrogens (tertiary/aromatic N) is 3. The summed E-state index contributed by atoms with van der Waals surface area (Å²) >= 11 is 0. The second-order valence-electron chi connectivity index (χ2n) is 5.70. The molecule has 0 unspecified atom stereocenters. The van der Waals surface area contributed by atoms with Crippen LogP contribution in [0.3, 0.4) is 0 Å². The van der Waals surface area contributed by atoms with Gasteiger partial charge in [0.25, 0.3) is 0 Å². The van der Waals surface area contributed by atoms with Gasteiger partial charge in [-0.25, -0.2) is 8.78 Å². The molecule has 0 aliphatic heterocycles. The lowest BCUT2D eigenvalue weighted by molar-refractivity contribution is 0.385. The fourth-order valence-electron chi connectivity index (χ4n) is 2.18. The highest BCUT2D eigenvalue weighted by Crippen LogP contribution is 2.31. The molecular formula is C14H18F2N4. The number of hydrogen-bond donors (Lipinski definition) is 1. The number of aromatic nitrogens is 3. The van der Waals surface area contributed by atoms with E-state index < -0.39 is 17.2 Å². The summed E-state index contributed by atoms with van der Waals surface area (Å²) in [6.07, 6.45) is 0. The zero-order valence-electron chi connectivity index (χ0n) is 12.0. The third-order valence-corrected chi connectivity index (χ3v) is 3.09. The topological polar surface area (TPSA) is 56.7 Å². The predicted molar refractivity (Wildman–Crippen MR) is 73.0 cm³/mol. The molecule has 20 heavy (non-hydrogen) atoms. The molecule has 2 aromatic rings. The van der Waals surface area contributed by atoms with E-state index in [1.165, 1.54) is 12.1 Å². The van der Waals surface area contributed by atoms with E-state index in [9.17, 15) is 8.78 Å². The third kappa shape index (κ3) is 2.31. The first kappa shape index (κ1) is 14.6. The van der Waals surface area contributed by atoms with E-state index >= 15 is 0 Å². The normalized spacial score (nSPS) is 11.9. The van der Waals surface area contributed by atoms with Gasteiger partial charge in [0.1, 0.15) is 17.5 Å². The number of hydrogen-bond acceptors (Lipinski definition) is 3. The lowest BCUT2D eigenvalue weighted by Gasteiger charge is -2.25. The van der Waals surface area contributed by atoms with Crippen LogP contribution in [-0.4, -0.2) is 14.8 Å². The number of aryl methyl sites for hydroxylation is 1. The molecule has 1 aromatic carbocycles. The van der Waals surface area contributed by atoms with Crippen molar-refractivity contribution in [3.63, 3.8) is 0 Å². The molecule has 0 amide bonds. The Labute approximate surface area is 116 Å². The summed E-state index contributed by atoms with van der Waals surface area (Å²) < 4.78 is 30.0. The summed E-state index contributed by atoms with van der Waals surface area (Å²) in [4.78, 5) is 0. The SMILES string of the molecule is Cc1ccc(F)c(-c2nnc(CN)n2C(C)(C)C)c1F. The third-order valence-electron chi connectivity index (χ3n) is 3.09. The van der Waals surface area contributed by atoms with Crippen LogP contribution in [0.5, 0.6) is 0 Å². The number of benzene rings is 1. The number of halogens is 2. The average molecular weight is 280 g/mol. The van der Waals surface area contributed by atoms with Crippen molar-refractivity contribution in [1.82, 2.24) is 14.8 Å². The standard InChI is InChI=1S/C14H18F2N4/c1-8-5-6-9(15)11(12(8)16)13-19-18-10(7-17)20(13)14(2,3)4/h5-6H,7,17H2,1-4H3. The zero-order valence-corrected chi connectivity index (χ0v) is 12.0. The van der Waals surface area contributed by atoms with E-state index in [2.05, 4.69) is 10.2 Å². The maximum Gasteiger partial charge on any atom is 0.170 e. The van der Waals surface area contributed by atoms with Gasteiger partial charge in [0.15, 0.2) is 5.82 Å². The predicted octanol–water partition coefficient (Wildman–Crippen LogP) is 2.75. The van der Waals surface area contributed by atoms with Crippen LogP contribution >= 0.6 is 0 Å². The Balaban J connectivity index is 2.78. The van der Waals surface area contributed by atoms with Gasteiger partial charge in [-0.3, -0.25) is 0 Å². The summed E-state index contributed by atoms with van der Waals surface area (Å²) in [5.74, 6) is -0.620. The van der Waals surface area contributed by atoms with Gasteiger partial charge in [0, 0.05) is 5.54 Å². The monoisotopic (exact) mass is 280 g/mol. The Morgan fingerprint density at radius 2 is 1.85 bits per heavy atom. The molecule has 108 valence electrons. The Hall–Kier alpha value is -1.82. The first-order valence-electron chi connectivity index (χ1n) is 6.37. The molecule has 0 aliphatic rings. The fourth-order valence-corrected chi connectivity index (χ4v) is 2.18. The highest BCUT2D eigenvalue weighted by Gasteiger charge is 2.27. The first-order valence-corrected chi connectivity index (χ1v) is 6.37. The van der Waals surface area contributed by atoms with E-state index in [0.717, 1.165) is 0 Å². The molecule has 0 radical (unpaired) electrons. The molecule has 2 rings (SSSR count). The lowest BCUT2D eigenvalue weighted by atomic mass is 10.0. The van der Waals surface area contributed by atoms with Crippen LogP contribution in [0.15, 0.2) is 12.1 Å². The highest BCUT2D eigenvalue weighted by molar-refractivity contribution is 5.59. The number of nitrogens with two attached hydrogens (primary N) is 1. The molecule has 2 N–H and O–H groups in total. The minimum Gasteiger partial charge on any atom is -0.324 e. The molecule has 0 saturated carbocycles. The van der Waals surface area contributed by atoms with Crippen LogP contribution < -0.4 is 5.73 Å². The molecule has 0 fully saturated rings. The quantitative estimate of drug-likeness (QED) is 0.920. The Morgan fingerprint density at radius 1 is 1.20 bits per heavy atom. The van der Waals surface area contributed by atoms with Gasteiger partial charge < -0.3 is 10.3 Å². The fraction of sp³-hybridized carbons (Fsp3) is 0.429. The summed E-state index contributed by atoms with van der Waals surface area (Å²) in [6, 6.07) is 2.63. The van der Waals surface area contributed by atoms with E-state index in [1.54, 1.807) is 11.5 Å². The molecule has 0 spiro atoms. The smallest absolute Gasteiger partial charge is 0.170 e. The highest BCUT2D eigenvalue weighted by atomic mass is 19.1. The van der Waals surface area contributed by atoms with Crippen molar-refractivity contribution in [1.29, 1.82) is 0 Å². The minimum atomic E-state index is -0.658. The molecule has 4 nitrogen and oxygen atoms in total. The molecule has 0 aliphatic carbocycles. The summed E-state index contributed by atoms with van der Waals surface area (Å²) in [7, 11) is 0. The van der Waals surface area contributed by atoms with Gasteiger partial charge in [-0.2, -0.15) is 0 Å². The van der Waals surface area contributed by atoms with E-state index in [4.69, 9.17) is 5.73 Å². The molecular weight excluding hydrogens is 262 g/mol. The molecule has 6 heteroatoms. The average Bonchev–Trinajstić information content (AvgIpc) is 2.78. The van der Waals surface area contributed by atoms with Crippen LogP contribution in [0.25, 0.3) is 11.4 Å². The number of rotatable bonds is 2. The van der Waals surface area contributed by atoms with Crippen LogP contribution in [0.2, 0.25) is 0 Å². The van der Waals surface area contributed by atoms with E-state index in [1.807, 2.05) is 20.8 Å². The maximum absolute atomic E-state index is 14.3. The Kier molecular flexibility index (Phi) is 3.60. The van der Waals surface area contributed by atoms with Gasteiger partial charge >= 0.3 is 0 Å². The zero-order chi connectivity index (χ0) is 15.1. The van der Waals surface area contributed by atoms with Gasteiger partial charge in [0.05, 0.1) is 12.1 Å². The summed E-state index contributed by atoms with van der Waals surface area (Å²) in [6.45, 7) is 7.46. The molecule has 0 bridgehead atoms. The molecule has 1 heterocycles. The van der Waals surface area contributed by atoms with Crippen molar-refractivity contribution in [2.75, 3.05) is 0 Å². The largest absolute Gasteiger partial charge is 0.324 e. The lowest BCUT2D eigenvalue weighted by Crippen LogP contribution is -2.26. The van der Waals surface area contributed by atoms with Gasteiger partial charge in [-0.1, -0.05) is 6.07 Å². The van der Waals surface area contributed by atoms with Gasteiger partial charge in [-0.15, -0.1) is 10.2 Å². The van der Waals surface area contributed by atoms with Crippen molar-refractivity contribution in [3.8, 4) is 11.4 Å². The van der Waals surface area contributed by atoms with Crippen LogP contribution in [0.4, 0.5) is 8.78 Å². The summed E-state index contributed by atoms with van der Waals surface area (Å²) in [5.41, 5.74) is 5.40. The second-order valence-corrected chi connectivity index (χ2v) is 5.70. The van der Waals surface area contributed by atoms with E-state index in [0.29, 0.717) is 11.4 Å². The van der Waals surface area contributed by atoms with Crippen molar-refractivity contribution < 1.29 is 8.78 Å². The van der Waals surface area contributed by atoms with Gasteiger partial charge in [-0.05, 0) is 39.3 Å². The Morgan fingerprint density at radius 3 is 2.40 bits per heavy atom. The van der Waals surface area contributed by atoms with Crippen LogP contribution in [-0.2, 0) is 12.1 Å².